The molecule has 0 spiro atoms. The summed E-state index contributed by atoms with van der Waals surface area (Å²) in [5.74, 6) is 1.88. The van der Waals surface area contributed by atoms with Gasteiger partial charge in [0.15, 0.2) is 17.5 Å². The van der Waals surface area contributed by atoms with Crippen molar-refractivity contribution in [3.05, 3.63) is 164 Å². The zero-order valence-electron chi connectivity index (χ0n) is 25.3. The molecule has 0 aliphatic carbocycles. The Bertz CT molecular complexity index is 2210. The summed E-state index contributed by atoms with van der Waals surface area (Å²) in [6.07, 6.45) is 8.93. The second-order valence-corrected chi connectivity index (χ2v) is 11.3. The Hall–Kier alpha value is -6.07. The summed E-state index contributed by atoms with van der Waals surface area (Å²) in [6.45, 7) is 5.47. The molecule has 0 amide bonds. The molecular formula is C41H31N5. The number of benzene rings is 5. The molecule has 220 valence electrons. The summed E-state index contributed by atoms with van der Waals surface area (Å²) in [5.41, 5.74) is 9.02. The maximum atomic E-state index is 4.77. The maximum Gasteiger partial charge on any atom is 0.164 e. The Morgan fingerprint density at radius 1 is 0.630 bits per heavy atom. The summed E-state index contributed by atoms with van der Waals surface area (Å²) in [4.78, 5) is 16.7. The lowest BCUT2D eigenvalue weighted by molar-refractivity contribution is 1.00. The number of hydrogen-bond acceptors (Lipinski definition) is 4. The summed E-state index contributed by atoms with van der Waals surface area (Å²) >= 11 is 0. The molecule has 0 unspecified atom stereocenters. The molecule has 7 aromatic rings. The summed E-state index contributed by atoms with van der Waals surface area (Å²) in [5, 5.41) is 2.56. The van der Waals surface area contributed by atoms with E-state index in [2.05, 4.69) is 82.8 Å². The smallest absolute Gasteiger partial charge is 0.164 e. The van der Waals surface area contributed by atoms with Crippen molar-refractivity contribution < 1.29 is 0 Å². The first-order valence-corrected chi connectivity index (χ1v) is 15.5. The van der Waals surface area contributed by atoms with Gasteiger partial charge in [0.25, 0.3) is 0 Å². The van der Waals surface area contributed by atoms with E-state index in [-0.39, 0.29) is 0 Å². The number of anilines is 2. The first-order valence-electron chi connectivity index (χ1n) is 15.5. The molecule has 46 heavy (non-hydrogen) atoms. The average Bonchev–Trinajstić information content (AvgIpc) is 3.70. The fraction of sp³-hybridized carbons (Fsp3) is 0.0488. The zero-order valence-corrected chi connectivity index (χ0v) is 25.3. The number of rotatable bonds is 7. The number of aromatic nitrogens is 4. The van der Waals surface area contributed by atoms with Gasteiger partial charge < -0.3 is 9.47 Å². The molecule has 5 heteroatoms. The average molecular weight is 594 g/mol. The largest absolute Gasteiger partial charge is 0.341 e. The Balaban J connectivity index is 1.13. The van der Waals surface area contributed by atoms with E-state index in [1.54, 1.807) is 0 Å². The molecule has 0 atom stereocenters. The minimum atomic E-state index is 0.596. The monoisotopic (exact) mass is 593 g/mol. The molecule has 0 saturated heterocycles. The van der Waals surface area contributed by atoms with Crippen molar-refractivity contribution in [3.8, 4) is 22.8 Å². The number of nitrogens with zero attached hydrogens (tertiary/aromatic N) is 5. The molecule has 1 aliphatic rings. The van der Waals surface area contributed by atoms with Crippen molar-refractivity contribution in [2.45, 2.75) is 6.42 Å². The van der Waals surface area contributed by atoms with E-state index in [9.17, 15) is 0 Å². The third-order valence-electron chi connectivity index (χ3n) is 8.51. The Morgan fingerprint density at radius 2 is 1.26 bits per heavy atom. The van der Waals surface area contributed by atoms with E-state index in [1.807, 2.05) is 85.0 Å². The molecule has 8 rings (SSSR count). The number of fused-ring (bicyclic) bond motifs is 5. The minimum absolute atomic E-state index is 0.596. The molecule has 5 nitrogen and oxygen atoms in total. The minimum Gasteiger partial charge on any atom is -0.341 e. The highest BCUT2D eigenvalue weighted by Gasteiger charge is 2.25. The highest BCUT2D eigenvalue weighted by atomic mass is 15.2. The second-order valence-electron chi connectivity index (χ2n) is 11.3. The normalized spacial score (nSPS) is 12.9. The van der Waals surface area contributed by atoms with Crippen LogP contribution in [0.15, 0.2) is 152 Å². The van der Waals surface area contributed by atoms with Crippen molar-refractivity contribution in [2.75, 3.05) is 11.4 Å². The van der Waals surface area contributed by atoms with E-state index in [1.165, 1.54) is 33.2 Å². The quantitative estimate of drug-likeness (QED) is 0.173. The van der Waals surface area contributed by atoms with E-state index in [0.29, 0.717) is 17.5 Å². The first kappa shape index (κ1) is 27.5. The third kappa shape index (κ3) is 4.98. The lowest BCUT2D eigenvalue weighted by atomic mass is 10.0. The fourth-order valence-electron chi connectivity index (χ4n) is 6.44. The van der Waals surface area contributed by atoms with Gasteiger partial charge in [0.2, 0.25) is 0 Å². The molecule has 0 saturated carbocycles. The van der Waals surface area contributed by atoms with Gasteiger partial charge >= 0.3 is 0 Å². The van der Waals surface area contributed by atoms with E-state index in [0.717, 1.165) is 35.3 Å². The van der Waals surface area contributed by atoms with Gasteiger partial charge in [0.05, 0.1) is 11.0 Å². The molecule has 1 aliphatic heterocycles. The van der Waals surface area contributed by atoms with Crippen LogP contribution in [0.2, 0.25) is 0 Å². The van der Waals surface area contributed by atoms with Crippen LogP contribution in [0.4, 0.5) is 11.4 Å². The summed E-state index contributed by atoms with van der Waals surface area (Å²) < 4.78 is 2.27. The van der Waals surface area contributed by atoms with Gasteiger partial charge in [-0.2, -0.15) is 0 Å². The lowest BCUT2D eigenvalue weighted by Gasteiger charge is -2.19. The van der Waals surface area contributed by atoms with Crippen LogP contribution in [0.1, 0.15) is 11.4 Å². The third-order valence-corrected chi connectivity index (χ3v) is 8.51. The van der Waals surface area contributed by atoms with Gasteiger partial charge in [-0.3, -0.25) is 0 Å². The van der Waals surface area contributed by atoms with E-state index < -0.39 is 0 Å². The van der Waals surface area contributed by atoms with Crippen LogP contribution in [0.25, 0.3) is 56.4 Å². The van der Waals surface area contributed by atoms with Crippen molar-refractivity contribution in [1.82, 2.24) is 19.5 Å². The second kappa shape index (κ2) is 11.8. The van der Waals surface area contributed by atoms with Crippen LogP contribution in [-0.2, 0) is 6.42 Å². The van der Waals surface area contributed by atoms with Gasteiger partial charge in [0, 0.05) is 45.5 Å². The topological polar surface area (TPSA) is 46.8 Å². The summed E-state index contributed by atoms with van der Waals surface area (Å²) in [6, 6.07) is 43.8. The first-order chi connectivity index (χ1) is 22.7. The van der Waals surface area contributed by atoms with Crippen LogP contribution in [-0.4, -0.2) is 26.1 Å². The van der Waals surface area contributed by atoms with Gasteiger partial charge in [-0.1, -0.05) is 116 Å². The number of para-hydroxylation sites is 2. The van der Waals surface area contributed by atoms with Crippen molar-refractivity contribution in [3.63, 3.8) is 0 Å². The van der Waals surface area contributed by atoms with Crippen LogP contribution < -0.4 is 4.90 Å². The molecule has 0 fully saturated rings. The highest BCUT2D eigenvalue weighted by Crippen LogP contribution is 2.43. The predicted octanol–water partition coefficient (Wildman–Crippen LogP) is 9.75. The SMILES string of the molecule is C=C(C=CC=Cc1nc(-c2ccccc2)nc(-c2ccccc2)n1)n1c2ccccc2c2c3c(ccc21)N(c1ccccc1)CC3. The molecule has 2 aromatic heterocycles. The Labute approximate surface area is 268 Å². The molecule has 0 radical (unpaired) electrons. The van der Waals surface area contributed by atoms with Gasteiger partial charge in [-0.25, -0.2) is 15.0 Å². The van der Waals surface area contributed by atoms with Crippen LogP contribution >= 0.6 is 0 Å². The molecule has 0 N–H and O–H groups in total. The Morgan fingerprint density at radius 3 is 1.96 bits per heavy atom. The van der Waals surface area contributed by atoms with Crippen molar-refractivity contribution in [1.29, 1.82) is 0 Å². The standard InChI is InChI=1S/C41H31N5/c1-29(15-11-14-24-38-42-40(30-16-5-2-6-17-30)44-41(43-38)31-18-7-3-8-19-31)46-36-23-13-12-22-33(36)39-34-27-28-45(32-20-9-4-10-21-32)35(34)25-26-37(39)46/h2-26H,1,27-28H2. The molecule has 5 aromatic carbocycles. The van der Waals surface area contributed by atoms with Gasteiger partial charge in [-0.05, 0) is 54.5 Å². The number of hydrogen-bond donors (Lipinski definition) is 0. The van der Waals surface area contributed by atoms with Gasteiger partial charge in [-0.15, -0.1) is 0 Å². The number of allylic oxidation sites excluding steroid dienone is 4. The lowest BCUT2D eigenvalue weighted by Crippen LogP contribution is -2.12. The van der Waals surface area contributed by atoms with Crippen LogP contribution in [0.5, 0.6) is 0 Å². The van der Waals surface area contributed by atoms with Crippen molar-refractivity contribution in [2.24, 2.45) is 0 Å². The van der Waals surface area contributed by atoms with Crippen LogP contribution in [0, 0.1) is 0 Å². The highest BCUT2D eigenvalue weighted by molar-refractivity contribution is 6.14. The van der Waals surface area contributed by atoms with E-state index in [4.69, 9.17) is 15.0 Å². The molecule has 3 heterocycles. The predicted molar refractivity (Wildman–Crippen MR) is 191 cm³/mol. The summed E-state index contributed by atoms with van der Waals surface area (Å²) in [7, 11) is 0. The maximum absolute atomic E-state index is 4.77. The van der Waals surface area contributed by atoms with Crippen LogP contribution in [0.3, 0.4) is 0 Å². The molecule has 0 bridgehead atoms. The van der Waals surface area contributed by atoms with Gasteiger partial charge in [0.1, 0.15) is 0 Å². The van der Waals surface area contributed by atoms with E-state index >= 15 is 0 Å². The van der Waals surface area contributed by atoms with Crippen molar-refractivity contribution >= 4 is 45.0 Å². The Kier molecular flexibility index (Phi) is 7.04. The zero-order chi connectivity index (χ0) is 30.9. The molecular weight excluding hydrogens is 562 g/mol. The fourth-order valence-corrected chi connectivity index (χ4v) is 6.44.